The van der Waals surface area contributed by atoms with Crippen molar-refractivity contribution in [3.05, 3.63) is 95.0 Å². The van der Waals surface area contributed by atoms with Crippen LogP contribution in [0.15, 0.2) is 73.3 Å². The molecule has 0 saturated heterocycles. The molecular weight excluding hydrogens is 407 g/mol. The zero-order valence-corrected chi connectivity index (χ0v) is 18.7. The zero-order valence-electron chi connectivity index (χ0n) is 18.0. The Labute approximate surface area is 189 Å². The van der Waals surface area contributed by atoms with Crippen LogP contribution in [0.1, 0.15) is 49.4 Å². The fourth-order valence-electron chi connectivity index (χ4n) is 3.52. The molecule has 0 aromatic heterocycles. The molecule has 0 heterocycles. The van der Waals surface area contributed by atoms with E-state index >= 15 is 0 Å². The van der Waals surface area contributed by atoms with Gasteiger partial charge in [0, 0.05) is 22.5 Å². The fourth-order valence-corrected chi connectivity index (χ4v) is 3.71. The summed E-state index contributed by atoms with van der Waals surface area (Å²) in [4.78, 5) is 0. The highest BCUT2D eigenvalue weighted by atomic mass is 35.5. The van der Waals surface area contributed by atoms with Gasteiger partial charge in [0.25, 0.3) is 0 Å². The van der Waals surface area contributed by atoms with E-state index in [0.717, 1.165) is 33.5 Å². The van der Waals surface area contributed by atoms with Gasteiger partial charge >= 0.3 is 0 Å². The minimum absolute atomic E-state index is 0.0791. The van der Waals surface area contributed by atoms with E-state index < -0.39 is 5.67 Å². The van der Waals surface area contributed by atoms with Gasteiger partial charge in [-0.1, -0.05) is 66.7 Å². The summed E-state index contributed by atoms with van der Waals surface area (Å²) < 4.78 is 14.3. The quantitative estimate of drug-likeness (QED) is 0.326. The summed E-state index contributed by atoms with van der Waals surface area (Å²) in [5.41, 5.74) is 4.46. The average Bonchev–Trinajstić information content (AvgIpc) is 2.76. The number of nitrogens with one attached hydrogen (secondary N) is 2. The number of alkyl halides is 1. The van der Waals surface area contributed by atoms with Gasteiger partial charge in [-0.3, -0.25) is 0 Å². The van der Waals surface area contributed by atoms with Gasteiger partial charge in [0.15, 0.2) is 0 Å². The van der Waals surface area contributed by atoms with Gasteiger partial charge in [0.2, 0.25) is 0 Å². The van der Waals surface area contributed by atoms with E-state index in [4.69, 9.17) is 17.0 Å². The third-order valence-corrected chi connectivity index (χ3v) is 5.53. The standard InChI is InChI=1S/C27H28ClFN2/c1-4-19-8-10-20(11-9-19)26(14-15-27(2,3)29)31-25-13-12-22(16-23(25)18-30)21-6-5-7-24(28)17-21/h4-13,16-18,26,30-31H,1,14-15H2,2-3H3. The van der Waals surface area contributed by atoms with E-state index in [0.29, 0.717) is 17.9 Å². The minimum Gasteiger partial charge on any atom is -0.378 e. The highest BCUT2D eigenvalue weighted by Gasteiger charge is 2.20. The molecule has 160 valence electrons. The van der Waals surface area contributed by atoms with Crippen molar-refractivity contribution in [3.63, 3.8) is 0 Å². The average molecular weight is 435 g/mol. The van der Waals surface area contributed by atoms with Crippen molar-refractivity contribution in [2.45, 2.75) is 38.4 Å². The van der Waals surface area contributed by atoms with Gasteiger partial charge in [0.1, 0.15) is 5.67 Å². The second kappa shape index (κ2) is 9.93. The second-order valence-corrected chi connectivity index (χ2v) is 8.72. The maximum absolute atomic E-state index is 14.3. The maximum Gasteiger partial charge on any atom is 0.105 e. The summed E-state index contributed by atoms with van der Waals surface area (Å²) in [6.45, 7) is 7.01. The Hall–Kier alpha value is -2.91. The third-order valence-electron chi connectivity index (χ3n) is 5.30. The summed E-state index contributed by atoms with van der Waals surface area (Å²) in [6, 6.07) is 21.6. The lowest BCUT2D eigenvalue weighted by Gasteiger charge is -2.25. The van der Waals surface area contributed by atoms with Crippen LogP contribution in [0.3, 0.4) is 0 Å². The third kappa shape index (κ3) is 6.28. The van der Waals surface area contributed by atoms with Crippen LogP contribution in [-0.4, -0.2) is 11.9 Å². The Balaban J connectivity index is 1.91. The molecule has 1 atom stereocenters. The van der Waals surface area contributed by atoms with Crippen molar-refractivity contribution in [2.24, 2.45) is 0 Å². The van der Waals surface area contributed by atoms with Crippen LogP contribution < -0.4 is 5.32 Å². The normalized spacial score (nSPS) is 12.3. The van der Waals surface area contributed by atoms with E-state index in [2.05, 4.69) is 11.9 Å². The number of rotatable bonds is 9. The van der Waals surface area contributed by atoms with Gasteiger partial charge in [0.05, 0.1) is 6.04 Å². The van der Waals surface area contributed by atoms with Crippen molar-refractivity contribution in [1.82, 2.24) is 0 Å². The Morgan fingerprint density at radius 2 is 1.77 bits per heavy atom. The molecule has 0 aliphatic rings. The monoisotopic (exact) mass is 434 g/mol. The van der Waals surface area contributed by atoms with Crippen molar-refractivity contribution < 1.29 is 4.39 Å². The minimum atomic E-state index is -1.25. The molecule has 0 saturated carbocycles. The molecule has 1 unspecified atom stereocenters. The largest absolute Gasteiger partial charge is 0.378 e. The van der Waals surface area contributed by atoms with Gasteiger partial charge in [-0.15, -0.1) is 0 Å². The first-order valence-electron chi connectivity index (χ1n) is 10.4. The number of anilines is 1. The predicted molar refractivity (Wildman–Crippen MR) is 132 cm³/mol. The molecule has 0 aliphatic carbocycles. The first-order valence-corrected chi connectivity index (χ1v) is 10.8. The molecule has 0 aliphatic heterocycles. The predicted octanol–water partition coefficient (Wildman–Crippen LogP) is 8.33. The molecule has 0 spiro atoms. The Bertz CT molecular complexity index is 1050. The van der Waals surface area contributed by atoms with Gasteiger partial charge in [-0.25, -0.2) is 4.39 Å². The van der Waals surface area contributed by atoms with Crippen LogP contribution in [0.2, 0.25) is 5.02 Å². The first kappa shape index (κ1) is 22.8. The lowest BCUT2D eigenvalue weighted by Crippen LogP contribution is -2.18. The second-order valence-electron chi connectivity index (χ2n) is 8.28. The van der Waals surface area contributed by atoms with Gasteiger partial charge in [-0.2, -0.15) is 0 Å². The van der Waals surface area contributed by atoms with E-state index in [1.807, 2.05) is 66.7 Å². The first-order chi connectivity index (χ1) is 14.8. The highest BCUT2D eigenvalue weighted by molar-refractivity contribution is 6.30. The van der Waals surface area contributed by atoms with E-state index in [1.54, 1.807) is 19.9 Å². The Morgan fingerprint density at radius 1 is 1.06 bits per heavy atom. The molecule has 3 aromatic rings. The van der Waals surface area contributed by atoms with Crippen molar-refractivity contribution in [1.29, 1.82) is 5.41 Å². The van der Waals surface area contributed by atoms with Crippen molar-refractivity contribution in [3.8, 4) is 11.1 Å². The molecule has 0 radical (unpaired) electrons. The highest BCUT2D eigenvalue weighted by Crippen LogP contribution is 2.32. The summed E-state index contributed by atoms with van der Waals surface area (Å²) in [6.07, 6.45) is 4.20. The van der Waals surface area contributed by atoms with Crippen LogP contribution in [0.5, 0.6) is 0 Å². The lowest BCUT2D eigenvalue weighted by atomic mass is 9.94. The van der Waals surface area contributed by atoms with Crippen molar-refractivity contribution in [2.75, 3.05) is 5.32 Å². The summed E-state index contributed by atoms with van der Waals surface area (Å²) >= 11 is 6.14. The Kier molecular flexibility index (Phi) is 7.29. The Morgan fingerprint density at radius 3 is 2.39 bits per heavy atom. The molecular formula is C27H28ClFN2. The van der Waals surface area contributed by atoms with Crippen LogP contribution in [-0.2, 0) is 0 Å². The number of benzene rings is 3. The van der Waals surface area contributed by atoms with Crippen LogP contribution in [0.25, 0.3) is 17.2 Å². The van der Waals surface area contributed by atoms with E-state index in [-0.39, 0.29) is 6.04 Å². The number of hydrogen-bond donors (Lipinski definition) is 2. The fraction of sp³-hybridized carbons (Fsp3) is 0.222. The van der Waals surface area contributed by atoms with Crippen LogP contribution in [0.4, 0.5) is 10.1 Å². The molecule has 4 heteroatoms. The summed E-state index contributed by atoms with van der Waals surface area (Å²) in [7, 11) is 0. The van der Waals surface area contributed by atoms with Crippen molar-refractivity contribution >= 4 is 29.6 Å². The van der Waals surface area contributed by atoms with Crippen LogP contribution in [0, 0.1) is 5.41 Å². The molecule has 0 amide bonds. The smallest absolute Gasteiger partial charge is 0.105 e. The number of hydrogen-bond acceptors (Lipinski definition) is 2. The molecule has 3 rings (SSSR count). The maximum atomic E-state index is 14.3. The summed E-state index contributed by atoms with van der Waals surface area (Å²) in [5, 5.41) is 12.1. The number of halogens is 2. The van der Waals surface area contributed by atoms with Gasteiger partial charge in [-0.05, 0) is 73.2 Å². The molecule has 0 fully saturated rings. The molecule has 2 N–H and O–H groups in total. The zero-order chi connectivity index (χ0) is 22.4. The summed E-state index contributed by atoms with van der Waals surface area (Å²) in [5.74, 6) is 0. The SMILES string of the molecule is C=Cc1ccc(C(CCC(C)(C)F)Nc2ccc(-c3cccc(Cl)c3)cc2C=N)cc1. The van der Waals surface area contributed by atoms with Crippen LogP contribution >= 0.6 is 11.6 Å². The lowest BCUT2D eigenvalue weighted by molar-refractivity contribution is 0.194. The van der Waals surface area contributed by atoms with E-state index in [9.17, 15) is 4.39 Å². The molecule has 3 aromatic carbocycles. The molecule has 0 bridgehead atoms. The van der Waals surface area contributed by atoms with E-state index in [1.165, 1.54) is 6.21 Å². The topological polar surface area (TPSA) is 35.9 Å². The van der Waals surface area contributed by atoms with Gasteiger partial charge < -0.3 is 10.7 Å². The molecule has 2 nitrogen and oxygen atoms in total. The molecule has 31 heavy (non-hydrogen) atoms.